The van der Waals surface area contributed by atoms with E-state index in [1.165, 1.54) is 38.4 Å². The van der Waals surface area contributed by atoms with Gasteiger partial charge < -0.3 is 0 Å². The lowest BCUT2D eigenvalue weighted by Gasteiger charge is -2.22. The number of imidazole rings is 1. The Kier molecular flexibility index (Phi) is 10.5. The summed E-state index contributed by atoms with van der Waals surface area (Å²) in [5, 5.41) is 0. The second kappa shape index (κ2) is 16.3. The summed E-state index contributed by atoms with van der Waals surface area (Å²) in [6.07, 6.45) is 1.93. The third kappa shape index (κ3) is 7.70. The summed E-state index contributed by atoms with van der Waals surface area (Å²) in [6, 6.07) is 62.1. The summed E-state index contributed by atoms with van der Waals surface area (Å²) in [4.78, 5) is 12.2. The quantitative estimate of drug-likeness (QED) is 0.150. The Balaban J connectivity index is 1.30. The van der Waals surface area contributed by atoms with E-state index in [-0.39, 0.29) is 10.8 Å². The van der Waals surface area contributed by atoms with E-state index in [1.807, 2.05) is 6.20 Å². The van der Waals surface area contributed by atoms with Gasteiger partial charge in [-0.05, 0) is 130 Å². The zero-order valence-corrected chi connectivity index (χ0v) is 39.7. The van der Waals surface area contributed by atoms with Crippen LogP contribution in [0.2, 0.25) is 0 Å². The molecule has 0 saturated heterocycles. The molecule has 0 N–H and O–H groups in total. The lowest BCUT2D eigenvalue weighted by molar-refractivity contribution is 0.590. The van der Waals surface area contributed by atoms with Gasteiger partial charge in [0.15, 0.2) is 11.0 Å². The first-order valence-electron chi connectivity index (χ1n) is 22.6. The van der Waals surface area contributed by atoms with Crippen molar-refractivity contribution in [2.75, 3.05) is 11.4 Å². The number of aromatic nitrogens is 3. The first-order valence-corrected chi connectivity index (χ1v) is 23.7. The highest BCUT2D eigenvalue weighted by atomic mass is 32.2. The van der Waals surface area contributed by atoms with Crippen molar-refractivity contribution in [1.29, 1.82) is 0 Å². The Bertz CT molecular complexity index is 3310. The first-order chi connectivity index (χ1) is 31.2. The van der Waals surface area contributed by atoms with Crippen molar-refractivity contribution in [3.63, 3.8) is 0 Å². The van der Waals surface area contributed by atoms with E-state index >= 15 is 0 Å². The Morgan fingerprint density at radius 2 is 1.22 bits per heavy atom. The molecule has 5 nitrogen and oxygen atoms in total. The minimum Gasteiger partial charge on any atom is -0.293 e. The van der Waals surface area contributed by atoms with Gasteiger partial charge in [0.05, 0.1) is 27.2 Å². The minimum absolute atomic E-state index is 0.0495. The van der Waals surface area contributed by atoms with Crippen molar-refractivity contribution in [2.45, 2.75) is 71.1 Å². The van der Waals surface area contributed by atoms with E-state index in [2.05, 4.69) is 245 Å². The van der Waals surface area contributed by atoms with E-state index < -0.39 is 10.9 Å². The van der Waals surface area contributed by atoms with Crippen LogP contribution < -0.4 is 8.25 Å². The number of pyridine rings is 1. The maximum atomic E-state index is 5.92. The number of nitrogens with zero attached hydrogens (tertiary/aromatic N) is 5. The van der Waals surface area contributed by atoms with Gasteiger partial charge in [0.25, 0.3) is 0 Å². The third-order valence-electron chi connectivity index (χ3n) is 12.7. The Hall–Kier alpha value is -6.89. The van der Waals surface area contributed by atoms with Gasteiger partial charge in [-0.15, -0.1) is 0 Å². The average Bonchev–Trinajstić information content (AvgIpc) is 3.84. The number of rotatable bonds is 7. The third-order valence-corrected chi connectivity index (χ3v) is 15.0. The van der Waals surface area contributed by atoms with E-state index in [0.29, 0.717) is 0 Å². The van der Waals surface area contributed by atoms with Crippen molar-refractivity contribution < 1.29 is 0 Å². The molecule has 9 aromatic rings. The number of hydrogen-bond acceptors (Lipinski definition) is 3. The van der Waals surface area contributed by atoms with Crippen LogP contribution in [0.5, 0.6) is 0 Å². The molecule has 0 aliphatic carbocycles. The highest BCUT2D eigenvalue weighted by Gasteiger charge is 2.38. The van der Waals surface area contributed by atoms with Gasteiger partial charge >= 0.3 is 5.95 Å². The largest absolute Gasteiger partial charge is 0.417 e. The normalized spacial score (nSPS) is 14.0. The molecule has 1 aliphatic rings. The molecule has 0 radical (unpaired) electrons. The zero-order chi connectivity index (χ0) is 45.2. The molecule has 0 amide bonds. The predicted octanol–water partition coefficient (Wildman–Crippen LogP) is 15.4. The Labute approximate surface area is 387 Å². The molecule has 7 aromatic carbocycles. The molecule has 10 rings (SSSR count). The highest BCUT2D eigenvalue weighted by Crippen LogP contribution is 2.46. The van der Waals surface area contributed by atoms with Gasteiger partial charge in [-0.2, -0.15) is 8.51 Å². The number of hydrogen-bond donors (Lipinski definition) is 0. The predicted molar refractivity (Wildman–Crippen MR) is 276 cm³/mol. The summed E-state index contributed by atoms with van der Waals surface area (Å²) >= 11 is 0. The Morgan fingerprint density at radius 3 is 1.95 bits per heavy atom. The molecule has 0 saturated carbocycles. The van der Waals surface area contributed by atoms with Crippen LogP contribution in [-0.2, 0) is 21.7 Å². The molecule has 1 unspecified atom stereocenters. The smallest absolute Gasteiger partial charge is 0.293 e. The number of aryl methyl sites for hydroxylation is 2. The topological polar surface area (TPSA) is 37.0 Å². The molecule has 0 bridgehead atoms. The van der Waals surface area contributed by atoms with Gasteiger partial charge in [0.2, 0.25) is 0 Å². The molecule has 6 heteroatoms. The molecular formula is C59H56N5S+. The van der Waals surface area contributed by atoms with Gasteiger partial charge in [-0.1, -0.05) is 156 Å². The summed E-state index contributed by atoms with van der Waals surface area (Å²) in [5.74, 6) is 0.874. The number of para-hydroxylation sites is 3. The lowest BCUT2D eigenvalue weighted by Crippen LogP contribution is -2.23. The zero-order valence-electron chi connectivity index (χ0n) is 38.9. The summed E-state index contributed by atoms with van der Waals surface area (Å²) in [5.41, 5.74) is 19.1. The van der Waals surface area contributed by atoms with Crippen molar-refractivity contribution in [3.05, 3.63) is 198 Å². The highest BCUT2D eigenvalue weighted by molar-refractivity contribution is 7.89. The van der Waals surface area contributed by atoms with Gasteiger partial charge in [-0.3, -0.25) is 9.29 Å². The number of anilines is 1. The van der Waals surface area contributed by atoms with Crippen molar-refractivity contribution in [3.8, 4) is 50.3 Å². The lowest BCUT2D eigenvalue weighted by atomic mass is 9.83. The van der Waals surface area contributed by atoms with Crippen LogP contribution in [0.15, 0.2) is 181 Å². The van der Waals surface area contributed by atoms with Crippen LogP contribution in [0.25, 0.3) is 61.4 Å². The summed E-state index contributed by atoms with van der Waals surface area (Å²) in [6.45, 7) is 18.2. The maximum Gasteiger partial charge on any atom is 0.417 e. The molecule has 65 heavy (non-hydrogen) atoms. The summed E-state index contributed by atoms with van der Waals surface area (Å²) < 4.78 is 7.38. The molecule has 2 aromatic heterocycles. The monoisotopic (exact) mass is 866 g/mol. The van der Waals surface area contributed by atoms with E-state index in [9.17, 15) is 0 Å². The number of fused-ring (bicyclic) bond motifs is 2. The van der Waals surface area contributed by atoms with Gasteiger partial charge in [-0.25, -0.2) is 0 Å². The fourth-order valence-corrected chi connectivity index (χ4v) is 11.4. The summed E-state index contributed by atoms with van der Waals surface area (Å²) in [7, 11) is 1.67. The second-order valence-corrected chi connectivity index (χ2v) is 21.3. The fourth-order valence-electron chi connectivity index (χ4n) is 9.05. The van der Waals surface area contributed by atoms with E-state index in [0.717, 1.165) is 67.4 Å². The molecule has 3 heterocycles. The molecule has 322 valence electrons. The van der Waals surface area contributed by atoms with Crippen molar-refractivity contribution in [2.24, 2.45) is 0 Å². The molecule has 0 spiro atoms. The first kappa shape index (κ1) is 42.1. The molecule has 1 aliphatic heterocycles. The van der Waals surface area contributed by atoms with Crippen LogP contribution in [0, 0.1) is 13.8 Å². The van der Waals surface area contributed by atoms with Gasteiger partial charge in [0, 0.05) is 29.9 Å². The molecule has 1 atom stereocenters. The SMILES string of the molecule is Cc1ccc(C)c(S2=[N+](c3nc4c(-c5cc(-c6cc(-c7ccccc7)ccn6)cc(C(C)(C)C)c5)cccc4n3-c3ccc(C(C)(C)C)cc3-c3ccccc3)c3ccccc3N2C)c1. The average molecular weight is 867 g/mol. The van der Waals surface area contributed by atoms with Crippen molar-refractivity contribution in [1.82, 2.24) is 18.5 Å². The van der Waals surface area contributed by atoms with Crippen LogP contribution in [0.1, 0.15) is 63.8 Å². The van der Waals surface area contributed by atoms with Crippen LogP contribution in [0.4, 0.5) is 17.3 Å². The van der Waals surface area contributed by atoms with Gasteiger partial charge in [0.1, 0.15) is 11.4 Å². The standard InChI is InChI=1S/C59H56N5S/c1-39-27-28-40(2)55(33-39)65-62(9)52-24-16-17-25-53(52)64(65)57-61-56-48(23-18-26-54(56)63(57)51-30-29-46(58(3,4)5)38-49(51)42-21-14-11-15-22-42)44-34-45(36-47(35-44)59(6,7)8)50-37-43(31-32-60-50)41-19-12-10-13-20-41/h10-38H,1-9H3/q+1. The fraction of sp³-hybridized carbons (Fsp3) is 0.186. The van der Waals surface area contributed by atoms with Crippen LogP contribution in [-0.4, -0.2) is 21.6 Å². The molecular weight excluding hydrogens is 811 g/mol. The van der Waals surface area contributed by atoms with Crippen LogP contribution in [0.3, 0.4) is 0 Å². The van der Waals surface area contributed by atoms with Crippen molar-refractivity contribution >= 4 is 39.2 Å². The second-order valence-electron chi connectivity index (χ2n) is 19.4. The Morgan fingerprint density at radius 1 is 0.523 bits per heavy atom. The molecule has 0 fully saturated rings. The number of benzene rings is 7. The van der Waals surface area contributed by atoms with Crippen LogP contribution >= 0.6 is 0 Å². The van der Waals surface area contributed by atoms with E-state index in [1.54, 1.807) is 0 Å². The minimum atomic E-state index is -0.561. The van der Waals surface area contributed by atoms with E-state index in [4.69, 9.17) is 9.97 Å². The maximum absolute atomic E-state index is 5.92.